The third kappa shape index (κ3) is 5.67. The average Bonchev–Trinajstić information content (AvgIpc) is 2.74. The molecule has 3 aromatic rings. The van der Waals surface area contributed by atoms with Crippen LogP contribution in [0.5, 0.6) is 0 Å². The maximum Gasteiger partial charge on any atom is 0.244 e. The number of amides is 3. The summed E-state index contributed by atoms with van der Waals surface area (Å²) in [6, 6.07) is 20.9. The van der Waals surface area contributed by atoms with E-state index in [2.05, 4.69) is 26.6 Å². The SMILES string of the molecule is CN(CC(=O)Nc1ccccc1Br)C(=O)CNC(=O)Cc1cccc2ccccc12. The number of nitrogens with one attached hydrogen (secondary N) is 2. The lowest BCUT2D eigenvalue weighted by Crippen LogP contribution is -2.41. The minimum absolute atomic E-state index is 0.112. The Bertz CT molecular complexity index is 1080. The Morgan fingerprint density at radius 2 is 1.60 bits per heavy atom. The number of carbonyl (C=O) groups is 3. The van der Waals surface area contributed by atoms with Gasteiger partial charge in [-0.1, -0.05) is 54.6 Å². The standard InChI is InChI=1S/C23H22BrN3O3/c1-27(15-22(29)26-20-12-5-4-11-19(20)24)23(30)14-25-21(28)13-17-9-6-8-16-7-2-3-10-18(16)17/h2-12H,13-15H2,1H3,(H,25,28)(H,26,29). The first-order valence-corrected chi connectivity index (χ1v) is 10.2. The molecule has 0 aliphatic rings. The molecule has 6 nitrogen and oxygen atoms in total. The fraction of sp³-hybridized carbons (Fsp3) is 0.174. The zero-order valence-corrected chi connectivity index (χ0v) is 18.1. The molecule has 3 aromatic carbocycles. The highest BCUT2D eigenvalue weighted by Gasteiger charge is 2.15. The quantitative estimate of drug-likeness (QED) is 0.559. The van der Waals surface area contributed by atoms with Crippen LogP contribution in [-0.2, 0) is 20.8 Å². The van der Waals surface area contributed by atoms with Gasteiger partial charge in [0, 0.05) is 11.5 Å². The third-order valence-electron chi connectivity index (χ3n) is 4.62. The molecule has 7 heteroatoms. The molecule has 0 aliphatic heterocycles. The molecule has 3 rings (SSSR count). The normalized spacial score (nSPS) is 10.5. The molecule has 0 saturated heterocycles. The van der Waals surface area contributed by atoms with Crippen LogP contribution in [-0.4, -0.2) is 42.8 Å². The van der Waals surface area contributed by atoms with Crippen molar-refractivity contribution in [1.29, 1.82) is 0 Å². The second-order valence-electron chi connectivity index (χ2n) is 6.87. The number of hydrogen-bond donors (Lipinski definition) is 2. The summed E-state index contributed by atoms with van der Waals surface area (Å²) in [4.78, 5) is 38.1. The number of benzene rings is 3. The number of likely N-dealkylation sites (N-methyl/N-ethyl adjacent to an activating group) is 1. The molecule has 30 heavy (non-hydrogen) atoms. The van der Waals surface area contributed by atoms with Gasteiger partial charge in [0.1, 0.15) is 0 Å². The van der Waals surface area contributed by atoms with Crippen LogP contribution in [0.25, 0.3) is 10.8 Å². The summed E-state index contributed by atoms with van der Waals surface area (Å²) in [5.41, 5.74) is 1.53. The number of anilines is 1. The van der Waals surface area contributed by atoms with Gasteiger partial charge in [-0.2, -0.15) is 0 Å². The molecule has 0 aliphatic carbocycles. The lowest BCUT2D eigenvalue weighted by molar-refractivity contribution is -0.134. The van der Waals surface area contributed by atoms with Crippen LogP contribution < -0.4 is 10.6 Å². The molecule has 0 atom stereocenters. The molecule has 0 spiro atoms. The number of carbonyl (C=O) groups excluding carboxylic acids is 3. The molecule has 0 aromatic heterocycles. The van der Waals surface area contributed by atoms with Crippen LogP contribution in [0.3, 0.4) is 0 Å². The van der Waals surface area contributed by atoms with E-state index in [0.29, 0.717) is 5.69 Å². The number of hydrogen-bond acceptors (Lipinski definition) is 3. The van der Waals surface area contributed by atoms with Crippen molar-refractivity contribution in [1.82, 2.24) is 10.2 Å². The van der Waals surface area contributed by atoms with Gasteiger partial charge in [-0.15, -0.1) is 0 Å². The Balaban J connectivity index is 1.49. The highest BCUT2D eigenvalue weighted by molar-refractivity contribution is 9.10. The lowest BCUT2D eigenvalue weighted by Gasteiger charge is -2.17. The van der Waals surface area contributed by atoms with E-state index in [1.165, 1.54) is 11.9 Å². The van der Waals surface area contributed by atoms with Crippen molar-refractivity contribution in [3.05, 3.63) is 76.8 Å². The second-order valence-corrected chi connectivity index (χ2v) is 7.72. The summed E-state index contributed by atoms with van der Waals surface area (Å²) in [6.45, 7) is -0.276. The molecular weight excluding hydrogens is 446 g/mol. The van der Waals surface area contributed by atoms with E-state index >= 15 is 0 Å². The molecule has 0 radical (unpaired) electrons. The topological polar surface area (TPSA) is 78.5 Å². The van der Waals surface area contributed by atoms with Gasteiger partial charge in [0.05, 0.1) is 25.2 Å². The largest absolute Gasteiger partial charge is 0.347 e. The summed E-state index contributed by atoms with van der Waals surface area (Å²) in [5.74, 6) is -0.908. The van der Waals surface area contributed by atoms with Gasteiger partial charge in [-0.25, -0.2) is 0 Å². The molecule has 3 amide bonds. The summed E-state index contributed by atoms with van der Waals surface area (Å²) >= 11 is 3.36. The van der Waals surface area contributed by atoms with Gasteiger partial charge in [0.15, 0.2) is 0 Å². The zero-order chi connectivity index (χ0) is 21.5. The molecule has 0 fully saturated rings. The Morgan fingerprint density at radius 3 is 2.40 bits per heavy atom. The molecule has 0 bridgehead atoms. The van der Waals surface area contributed by atoms with E-state index in [1.54, 1.807) is 12.1 Å². The number of nitrogens with zero attached hydrogens (tertiary/aromatic N) is 1. The summed E-state index contributed by atoms with van der Waals surface area (Å²) in [6.07, 6.45) is 0.181. The van der Waals surface area contributed by atoms with Crippen LogP contribution >= 0.6 is 15.9 Å². The van der Waals surface area contributed by atoms with Crippen LogP contribution in [0, 0.1) is 0 Å². The Hall–Kier alpha value is -3.19. The number of halogens is 1. The van der Waals surface area contributed by atoms with E-state index in [9.17, 15) is 14.4 Å². The van der Waals surface area contributed by atoms with Crippen LogP contribution in [0.4, 0.5) is 5.69 Å². The van der Waals surface area contributed by atoms with Crippen LogP contribution in [0.1, 0.15) is 5.56 Å². The Kier molecular flexibility index (Phi) is 7.19. The average molecular weight is 468 g/mol. The van der Waals surface area contributed by atoms with Gasteiger partial charge in [0.2, 0.25) is 17.7 Å². The minimum atomic E-state index is -0.344. The molecule has 2 N–H and O–H groups in total. The first kappa shape index (κ1) is 21.5. The molecule has 0 saturated carbocycles. The predicted octanol–water partition coefficient (Wildman–Crippen LogP) is 3.36. The summed E-state index contributed by atoms with van der Waals surface area (Å²) in [7, 11) is 1.53. The summed E-state index contributed by atoms with van der Waals surface area (Å²) in [5, 5.41) is 7.46. The van der Waals surface area contributed by atoms with Crippen molar-refractivity contribution >= 4 is 50.1 Å². The molecule has 154 valence electrons. The molecular formula is C23H22BrN3O3. The summed E-state index contributed by atoms with van der Waals surface area (Å²) < 4.78 is 0.757. The van der Waals surface area contributed by atoms with Crippen molar-refractivity contribution in [2.75, 3.05) is 25.5 Å². The molecule has 0 unspecified atom stereocenters. The van der Waals surface area contributed by atoms with Crippen molar-refractivity contribution in [3.63, 3.8) is 0 Å². The first-order chi connectivity index (χ1) is 14.4. The van der Waals surface area contributed by atoms with Crippen molar-refractivity contribution < 1.29 is 14.4 Å². The van der Waals surface area contributed by atoms with Gasteiger partial charge >= 0.3 is 0 Å². The maximum absolute atomic E-state index is 12.3. The van der Waals surface area contributed by atoms with Crippen molar-refractivity contribution in [3.8, 4) is 0 Å². The number of fused-ring (bicyclic) bond motifs is 1. The van der Waals surface area contributed by atoms with E-state index in [4.69, 9.17) is 0 Å². The first-order valence-electron chi connectivity index (χ1n) is 9.45. The Morgan fingerprint density at radius 1 is 0.900 bits per heavy atom. The fourth-order valence-corrected chi connectivity index (χ4v) is 3.43. The Labute approximate surface area is 183 Å². The van der Waals surface area contributed by atoms with E-state index < -0.39 is 0 Å². The van der Waals surface area contributed by atoms with Gasteiger partial charge in [-0.05, 0) is 44.4 Å². The van der Waals surface area contributed by atoms with Crippen LogP contribution in [0.15, 0.2) is 71.2 Å². The predicted molar refractivity (Wildman–Crippen MR) is 121 cm³/mol. The lowest BCUT2D eigenvalue weighted by atomic mass is 10.0. The van der Waals surface area contributed by atoms with E-state index in [-0.39, 0.29) is 37.2 Å². The number of rotatable bonds is 7. The van der Waals surface area contributed by atoms with Gasteiger partial charge in [0.25, 0.3) is 0 Å². The van der Waals surface area contributed by atoms with Crippen LogP contribution in [0.2, 0.25) is 0 Å². The second kappa shape index (κ2) is 10.0. The van der Waals surface area contributed by atoms with Crippen molar-refractivity contribution in [2.24, 2.45) is 0 Å². The van der Waals surface area contributed by atoms with Gasteiger partial charge in [-0.3, -0.25) is 14.4 Å². The smallest absolute Gasteiger partial charge is 0.244 e. The monoisotopic (exact) mass is 467 g/mol. The van der Waals surface area contributed by atoms with Crippen molar-refractivity contribution in [2.45, 2.75) is 6.42 Å². The molecule has 0 heterocycles. The zero-order valence-electron chi connectivity index (χ0n) is 16.5. The minimum Gasteiger partial charge on any atom is -0.347 e. The fourth-order valence-electron chi connectivity index (χ4n) is 3.05. The van der Waals surface area contributed by atoms with E-state index in [1.807, 2.05) is 54.6 Å². The third-order valence-corrected chi connectivity index (χ3v) is 5.31. The number of para-hydroxylation sites is 1. The highest BCUT2D eigenvalue weighted by Crippen LogP contribution is 2.21. The van der Waals surface area contributed by atoms with E-state index in [0.717, 1.165) is 20.8 Å². The maximum atomic E-state index is 12.3. The highest BCUT2D eigenvalue weighted by atomic mass is 79.9. The van der Waals surface area contributed by atoms with Gasteiger partial charge < -0.3 is 15.5 Å².